The van der Waals surface area contributed by atoms with Gasteiger partial charge in [-0.05, 0) is 48.7 Å². The van der Waals surface area contributed by atoms with Gasteiger partial charge in [0.05, 0.1) is 6.04 Å². The summed E-state index contributed by atoms with van der Waals surface area (Å²) in [4.78, 5) is 0. The first-order valence-electron chi connectivity index (χ1n) is 6.01. The molecule has 2 aromatic rings. The third-order valence-electron chi connectivity index (χ3n) is 3.18. The fourth-order valence-electron chi connectivity index (χ4n) is 2.15. The minimum absolute atomic E-state index is 0.175. The summed E-state index contributed by atoms with van der Waals surface area (Å²) in [6, 6.07) is 11.5. The van der Waals surface area contributed by atoms with Crippen molar-refractivity contribution in [3.63, 3.8) is 0 Å². The molecule has 0 saturated carbocycles. The quantitative estimate of drug-likeness (QED) is 0.659. The molecule has 0 saturated heterocycles. The third-order valence-corrected chi connectivity index (χ3v) is 3.76. The van der Waals surface area contributed by atoms with Crippen molar-refractivity contribution < 1.29 is 0 Å². The second-order valence-electron chi connectivity index (χ2n) is 4.63. The second kappa shape index (κ2) is 5.93. The molecule has 2 rings (SSSR count). The molecule has 0 bridgehead atoms. The van der Waals surface area contributed by atoms with Crippen LogP contribution in [0.25, 0.3) is 0 Å². The fraction of sp³-hybridized carbons (Fsp3) is 0.200. The highest BCUT2D eigenvalue weighted by atomic mass is 35.5. The standard InChI is InChI=1S/C15H16Cl2N2/c1-9-3-4-10(2)12(7-9)15(19-18)13-8-11(16)5-6-14(13)17/h3-8,15,19H,18H2,1-2H3. The van der Waals surface area contributed by atoms with E-state index in [1.54, 1.807) is 12.1 Å². The largest absolute Gasteiger partial charge is 0.271 e. The van der Waals surface area contributed by atoms with Crippen LogP contribution in [-0.2, 0) is 0 Å². The first kappa shape index (κ1) is 14.4. The summed E-state index contributed by atoms with van der Waals surface area (Å²) in [6.45, 7) is 4.10. The molecule has 0 spiro atoms. The zero-order valence-electron chi connectivity index (χ0n) is 10.9. The van der Waals surface area contributed by atoms with E-state index in [1.807, 2.05) is 6.07 Å². The average molecular weight is 295 g/mol. The molecule has 2 aromatic carbocycles. The molecule has 0 heterocycles. The first-order valence-corrected chi connectivity index (χ1v) is 6.76. The summed E-state index contributed by atoms with van der Waals surface area (Å²) in [6.07, 6.45) is 0. The van der Waals surface area contributed by atoms with E-state index >= 15 is 0 Å². The van der Waals surface area contributed by atoms with Crippen LogP contribution < -0.4 is 11.3 Å². The number of hydrogen-bond acceptors (Lipinski definition) is 2. The monoisotopic (exact) mass is 294 g/mol. The van der Waals surface area contributed by atoms with E-state index in [4.69, 9.17) is 29.0 Å². The Morgan fingerprint density at radius 3 is 2.42 bits per heavy atom. The molecule has 1 atom stereocenters. The number of nitrogens with two attached hydrogens (primary N) is 1. The lowest BCUT2D eigenvalue weighted by Crippen LogP contribution is -2.29. The number of hydrazine groups is 1. The predicted molar refractivity (Wildman–Crippen MR) is 81.5 cm³/mol. The Kier molecular flexibility index (Phi) is 4.48. The molecule has 0 aliphatic carbocycles. The predicted octanol–water partition coefficient (Wildman–Crippen LogP) is 4.16. The van der Waals surface area contributed by atoms with Crippen molar-refractivity contribution in [2.24, 2.45) is 5.84 Å². The lowest BCUT2D eigenvalue weighted by Gasteiger charge is -2.21. The molecule has 2 nitrogen and oxygen atoms in total. The summed E-state index contributed by atoms with van der Waals surface area (Å²) in [5, 5.41) is 1.29. The summed E-state index contributed by atoms with van der Waals surface area (Å²) in [5.74, 6) is 5.72. The van der Waals surface area contributed by atoms with Gasteiger partial charge >= 0.3 is 0 Å². The SMILES string of the molecule is Cc1ccc(C)c(C(NN)c2cc(Cl)ccc2Cl)c1. The van der Waals surface area contributed by atoms with Crippen molar-refractivity contribution >= 4 is 23.2 Å². The number of rotatable bonds is 3. The van der Waals surface area contributed by atoms with Crippen LogP contribution in [0.2, 0.25) is 10.0 Å². The number of nitrogens with one attached hydrogen (secondary N) is 1. The Morgan fingerprint density at radius 2 is 1.74 bits per heavy atom. The maximum absolute atomic E-state index is 6.26. The summed E-state index contributed by atoms with van der Waals surface area (Å²) in [5.41, 5.74) is 7.15. The van der Waals surface area contributed by atoms with E-state index in [2.05, 4.69) is 37.5 Å². The molecule has 1 unspecified atom stereocenters. The minimum atomic E-state index is -0.175. The Labute approximate surface area is 123 Å². The normalized spacial score (nSPS) is 12.5. The molecule has 100 valence electrons. The highest BCUT2D eigenvalue weighted by Crippen LogP contribution is 2.32. The maximum Gasteiger partial charge on any atom is 0.0727 e. The second-order valence-corrected chi connectivity index (χ2v) is 5.47. The number of benzene rings is 2. The van der Waals surface area contributed by atoms with E-state index in [1.165, 1.54) is 5.56 Å². The van der Waals surface area contributed by atoms with Gasteiger partial charge < -0.3 is 0 Å². The lowest BCUT2D eigenvalue weighted by molar-refractivity contribution is 0.633. The van der Waals surface area contributed by atoms with Crippen molar-refractivity contribution in [1.82, 2.24) is 5.43 Å². The van der Waals surface area contributed by atoms with Crippen LogP contribution >= 0.6 is 23.2 Å². The Morgan fingerprint density at radius 1 is 1.00 bits per heavy atom. The van der Waals surface area contributed by atoms with Gasteiger partial charge in [0.1, 0.15) is 0 Å². The molecule has 19 heavy (non-hydrogen) atoms. The van der Waals surface area contributed by atoms with Crippen molar-refractivity contribution in [3.8, 4) is 0 Å². The highest BCUT2D eigenvalue weighted by Gasteiger charge is 2.18. The fourth-order valence-corrected chi connectivity index (χ4v) is 2.56. The van der Waals surface area contributed by atoms with Gasteiger partial charge in [-0.3, -0.25) is 5.84 Å². The maximum atomic E-state index is 6.26. The summed E-state index contributed by atoms with van der Waals surface area (Å²) < 4.78 is 0. The molecule has 4 heteroatoms. The van der Waals surface area contributed by atoms with Gasteiger partial charge in [-0.2, -0.15) is 0 Å². The van der Waals surface area contributed by atoms with Crippen LogP contribution in [0, 0.1) is 13.8 Å². The first-order chi connectivity index (χ1) is 9.02. The zero-order valence-corrected chi connectivity index (χ0v) is 12.4. The van der Waals surface area contributed by atoms with Gasteiger partial charge in [-0.25, -0.2) is 5.43 Å². The number of hydrogen-bond donors (Lipinski definition) is 2. The van der Waals surface area contributed by atoms with Gasteiger partial charge in [-0.15, -0.1) is 0 Å². The van der Waals surface area contributed by atoms with Crippen molar-refractivity contribution in [1.29, 1.82) is 0 Å². The van der Waals surface area contributed by atoms with Gasteiger partial charge in [-0.1, -0.05) is 47.0 Å². The number of aryl methyl sites for hydroxylation is 2. The van der Waals surface area contributed by atoms with Gasteiger partial charge in [0, 0.05) is 10.0 Å². The van der Waals surface area contributed by atoms with Crippen LogP contribution in [-0.4, -0.2) is 0 Å². The number of halogens is 2. The smallest absolute Gasteiger partial charge is 0.0727 e. The zero-order chi connectivity index (χ0) is 14.0. The molecular weight excluding hydrogens is 279 g/mol. The van der Waals surface area contributed by atoms with Crippen LogP contribution in [0.1, 0.15) is 28.3 Å². The molecule has 0 amide bonds. The van der Waals surface area contributed by atoms with Gasteiger partial charge in [0.15, 0.2) is 0 Å². The molecule has 0 aromatic heterocycles. The van der Waals surface area contributed by atoms with Crippen molar-refractivity contribution in [2.45, 2.75) is 19.9 Å². The lowest BCUT2D eigenvalue weighted by atomic mass is 9.94. The summed E-state index contributed by atoms with van der Waals surface area (Å²) >= 11 is 12.3. The van der Waals surface area contributed by atoms with E-state index < -0.39 is 0 Å². The summed E-state index contributed by atoms with van der Waals surface area (Å²) in [7, 11) is 0. The Balaban J connectivity index is 2.55. The van der Waals surface area contributed by atoms with Crippen LogP contribution in [0.15, 0.2) is 36.4 Å². The minimum Gasteiger partial charge on any atom is -0.271 e. The third kappa shape index (κ3) is 3.10. The Bertz CT molecular complexity index is 545. The van der Waals surface area contributed by atoms with E-state index in [0.717, 1.165) is 16.7 Å². The van der Waals surface area contributed by atoms with Gasteiger partial charge in [0.2, 0.25) is 0 Å². The van der Waals surface area contributed by atoms with E-state index in [-0.39, 0.29) is 6.04 Å². The molecule has 0 aliphatic rings. The molecule has 0 radical (unpaired) electrons. The van der Waals surface area contributed by atoms with Gasteiger partial charge in [0.25, 0.3) is 0 Å². The molecule has 0 aliphatic heterocycles. The van der Waals surface area contributed by atoms with E-state index in [9.17, 15) is 0 Å². The highest BCUT2D eigenvalue weighted by molar-refractivity contribution is 6.33. The van der Waals surface area contributed by atoms with Crippen LogP contribution in [0.4, 0.5) is 0 Å². The topological polar surface area (TPSA) is 38.0 Å². The molecular formula is C15H16Cl2N2. The molecule has 0 fully saturated rings. The molecule has 3 N–H and O–H groups in total. The van der Waals surface area contributed by atoms with Crippen LogP contribution in [0.5, 0.6) is 0 Å². The average Bonchev–Trinajstić information content (AvgIpc) is 2.38. The Hall–Kier alpha value is -1.06. The van der Waals surface area contributed by atoms with Crippen molar-refractivity contribution in [2.75, 3.05) is 0 Å². The van der Waals surface area contributed by atoms with Crippen LogP contribution in [0.3, 0.4) is 0 Å². The van der Waals surface area contributed by atoms with Crippen molar-refractivity contribution in [3.05, 3.63) is 68.7 Å². The van der Waals surface area contributed by atoms with E-state index in [0.29, 0.717) is 10.0 Å².